The van der Waals surface area contributed by atoms with Gasteiger partial charge in [-0.25, -0.2) is 0 Å². The molecule has 3 rings (SSSR count). The van der Waals surface area contributed by atoms with Crippen LogP contribution >= 0.6 is 0 Å². The summed E-state index contributed by atoms with van der Waals surface area (Å²) in [4.78, 5) is 4.08. The van der Waals surface area contributed by atoms with Crippen LogP contribution < -0.4 is 4.74 Å². The van der Waals surface area contributed by atoms with Crippen molar-refractivity contribution in [3.8, 4) is 5.75 Å². The highest BCUT2D eigenvalue weighted by atomic mass is 16.5. The van der Waals surface area contributed by atoms with Crippen molar-refractivity contribution < 1.29 is 9.84 Å². The third kappa shape index (κ3) is 2.76. The van der Waals surface area contributed by atoms with Crippen LogP contribution in [-0.4, -0.2) is 16.7 Å². The van der Waals surface area contributed by atoms with Gasteiger partial charge >= 0.3 is 0 Å². The lowest BCUT2D eigenvalue weighted by molar-refractivity contribution is 0.180. The van der Waals surface area contributed by atoms with Gasteiger partial charge < -0.3 is 9.84 Å². The molecule has 3 nitrogen and oxygen atoms in total. The zero-order valence-corrected chi connectivity index (χ0v) is 10.7. The zero-order valence-electron chi connectivity index (χ0n) is 10.7. The van der Waals surface area contributed by atoms with E-state index < -0.39 is 0 Å². The van der Waals surface area contributed by atoms with E-state index in [2.05, 4.69) is 17.1 Å². The number of pyridine rings is 1. The van der Waals surface area contributed by atoms with Crippen molar-refractivity contribution in [2.75, 3.05) is 6.61 Å². The molecule has 1 aromatic carbocycles. The van der Waals surface area contributed by atoms with Crippen molar-refractivity contribution in [2.24, 2.45) is 0 Å². The summed E-state index contributed by atoms with van der Waals surface area (Å²) in [5, 5.41) is 9.75. The zero-order chi connectivity index (χ0) is 13.1. The van der Waals surface area contributed by atoms with Gasteiger partial charge in [-0.3, -0.25) is 4.98 Å². The Bertz CT molecular complexity index is 554. The first-order valence-corrected chi connectivity index (χ1v) is 6.65. The molecule has 1 N–H and O–H groups in total. The first kappa shape index (κ1) is 12.2. The van der Waals surface area contributed by atoms with E-state index in [1.165, 1.54) is 11.1 Å². The Labute approximate surface area is 112 Å². The molecule has 98 valence electrons. The van der Waals surface area contributed by atoms with E-state index >= 15 is 0 Å². The normalized spacial score (nSPS) is 17.2. The molecule has 0 spiro atoms. The topological polar surface area (TPSA) is 42.4 Å². The highest BCUT2D eigenvalue weighted by Gasteiger charge is 2.20. The van der Waals surface area contributed by atoms with Gasteiger partial charge in [-0.15, -0.1) is 0 Å². The standard InChI is InChI=1S/C16H17NO2/c18-16-6-3-13-10-14(4-5-15(13)16)19-9-7-12-2-1-8-17-11-12/h1-2,4-5,8,10-11,16,18H,3,6-7,9H2/t16-/m1/s1. The molecule has 0 bridgehead atoms. The number of hydrogen-bond acceptors (Lipinski definition) is 3. The predicted octanol–water partition coefficient (Wildman–Crippen LogP) is 2.68. The molecule has 19 heavy (non-hydrogen) atoms. The Hall–Kier alpha value is -1.87. The van der Waals surface area contributed by atoms with Crippen molar-refractivity contribution in [3.05, 3.63) is 59.4 Å². The van der Waals surface area contributed by atoms with E-state index in [4.69, 9.17) is 4.74 Å². The minimum atomic E-state index is -0.292. The number of fused-ring (bicyclic) bond motifs is 1. The summed E-state index contributed by atoms with van der Waals surface area (Å²) in [5.41, 5.74) is 3.45. The Morgan fingerprint density at radius 1 is 1.32 bits per heavy atom. The third-order valence-corrected chi connectivity index (χ3v) is 3.54. The highest BCUT2D eigenvalue weighted by molar-refractivity contribution is 5.39. The van der Waals surface area contributed by atoms with E-state index in [9.17, 15) is 5.11 Å². The third-order valence-electron chi connectivity index (χ3n) is 3.54. The summed E-state index contributed by atoms with van der Waals surface area (Å²) in [6.07, 6.45) is 5.97. The largest absolute Gasteiger partial charge is 0.493 e. The number of nitrogens with zero attached hydrogens (tertiary/aromatic N) is 1. The monoisotopic (exact) mass is 255 g/mol. The highest BCUT2D eigenvalue weighted by Crippen LogP contribution is 2.33. The Morgan fingerprint density at radius 2 is 2.26 bits per heavy atom. The number of aryl methyl sites for hydroxylation is 1. The number of aromatic nitrogens is 1. The lowest BCUT2D eigenvalue weighted by Gasteiger charge is -2.09. The maximum Gasteiger partial charge on any atom is 0.119 e. The molecule has 0 saturated heterocycles. The average Bonchev–Trinajstić information content (AvgIpc) is 2.81. The number of hydrogen-bond donors (Lipinski definition) is 1. The Morgan fingerprint density at radius 3 is 3.11 bits per heavy atom. The van der Waals surface area contributed by atoms with E-state index in [0.717, 1.165) is 30.6 Å². The molecule has 3 heteroatoms. The van der Waals surface area contributed by atoms with Gasteiger partial charge in [-0.05, 0) is 47.7 Å². The molecule has 0 radical (unpaired) electrons. The number of benzene rings is 1. The van der Waals surface area contributed by atoms with Crippen LogP contribution in [0.1, 0.15) is 29.2 Å². The fraction of sp³-hybridized carbons (Fsp3) is 0.312. The van der Waals surface area contributed by atoms with Crippen LogP contribution in [0.2, 0.25) is 0 Å². The van der Waals surface area contributed by atoms with Crippen molar-refractivity contribution in [1.82, 2.24) is 4.98 Å². The fourth-order valence-electron chi connectivity index (χ4n) is 2.49. The van der Waals surface area contributed by atoms with Crippen molar-refractivity contribution >= 4 is 0 Å². The van der Waals surface area contributed by atoms with E-state index in [0.29, 0.717) is 6.61 Å². The van der Waals surface area contributed by atoms with Gasteiger partial charge in [-0.2, -0.15) is 0 Å². The van der Waals surface area contributed by atoms with Crippen molar-refractivity contribution in [1.29, 1.82) is 0 Å². The Balaban J connectivity index is 1.59. The molecule has 1 aliphatic rings. The first-order chi connectivity index (χ1) is 9.33. The minimum absolute atomic E-state index is 0.292. The molecule has 1 atom stereocenters. The SMILES string of the molecule is O[C@@H]1CCc2cc(OCCc3cccnc3)ccc21. The van der Waals surface area contributed by atoms with Gasteiger partial charge in [-0.1, -0.05) is 12.1 Å². The minimum Gasteiger partial charge on any atom is -0.493 e. The molecule has 1 aromatic heterocycles. The summed E-state index contributed by atoms with van der Waals surface area (Å²) < 4.78 is 5.76. The van der Waals surface area contributed by atoms with E-state index in [-0.39, 0.29) is 6.10 Å². The van der Waals surface area contributed by atoms with Crippen LogP contribution in [-0.2, 0) is 12.8 Å². The number of aliphatic hydroxyl groups is 1. The molecule has 0 amide bonds. The van der Waals surface area contributed by atoms with Crippen LogP contribution in [0.15, 0.2) is 42.7 Å². The van der Waals surface area contributed by atoms with Gasteiger partial charge in [0, 0.05) is 18.8 Å². The second-order valence-corrected chi connectivity index (χ2v) is 4.87. The predicted molar refractivity (Wildman–Crippen MR) is 73.2 cm³/mol. The first-order valence-electron chi connectivity index (χ1n) is 6.65. The molecular formula is C16H17NO2. The number of ether oxygens (including phenoxy) is 1. The molecule has 0 saturated carbocycles. The van der Waals surface area contributed by atoms with Gasteiger partial charge in [0.2, 0.25) is 0 Å². The molecule has 1 heterocycles. The van der Waals surface area contributed by atoms with Crippen molar-refractivity contribution in [3.63, 3.8) is 0 Å². The summed E-state index contributed by atoms with van der Waals surface area (Å²) >= 11 is 0. The number of aliphatic hydroxyl groups excluding tert-OH is 1. The second kappa shape index (κ2) is 5.41. The van der Waals surface area contributed by atoms with Gasteiger partial charge in [0.15, 0.2) is 0 Å². The molecule has 0 aliphatic heterocycles. The van der Waals surface area contributed by atoms with Gasteiger partial charge in [0.1, 0.15) is 5.75 Å². The second-order valence-electron chi connectivity index (χ2n) is 4.87. The quantitative estimate of drug-likeness (QED) is 0.913. The van der Waals surface area contributed by atoms with E-state index in [1.54, 1.807) is 6.20 Å². The molecule has 2 aromatic rings. The lowest BCUT2D eigenvalue weighted by Crippen LogP contribution is -2.02. The lowest BCUT2D eigenvalue weighted by atomic mass is 10.1. The maximum absolute atomic E-state index is 9.75. The fourth-order valence-corrected chi connectivity index (χ4v) is 2.49. The molecule has 1 aliphatic carbocycles. The summed E-state index contributed by atoms with van der Waals surface area (Å²) in [5.74, 6) is 0.886. The average molecular weight is 255 g/mol. The van der Waals surface area contributed by atoms with E-state index in [1.807, 2.05) is 24.4 Å². The van der Waals surface area contributed by atoms with Crippen LogP contribution in [0.4, 0.5) is 0 Å². The van der Waals surface area contributed by atoms with Crippen LogP contribution in [0.3, 0.4) is 0 Å². The van der Waals surface area contributed by atoms with Crippen molar-refractivity contribution in [2.45, 2.75) is 25.4 Å². The molecule has 0 fully saturated rings. The Kier molecular flexibility index (Phi) is 3.47. The summed E-state index contributed by atoms with van der Waals surface area (Å²) in [7, 11) is 0. The van der Waals surface area contributed by atoms with Gasteiger partial charge in [0.05, 0.1) is 12.7 Å². The smallest absolute Gasteiger partial charge is 0.119 e. The van der Waals surface area contributed by atoms with Gasteiger partial charge in [0.25, 0.3) is 0 Å². The molecular weight excluding hydrogens is 238 g/mol. The summed E-state index contributed by atoms with van der Waals surface area (Å²) in [6.45, 7) is 0.646. The van der Waals surface area contributed by atoms with Crippen LogP contribution in [0.25, 0.3) is 0 Å². The molecule has 0 unspecified atom stereocenters. The van der Waals surface area contributed by atoms with Crippen LogP contribution in [0.5, 0.6) is 5.75 Å². The number of rotatable bonds is 4. The summed E-state index contributed by atoms with van der Waals surface area (Å²) in [6, 6.07) is 9.96. The van der Waals surface area contributed by atoms with Crippen LogP contribution in [0, 0.1) is 0 Å². The maximum atomic E-state index is 9.75.